The number of rotatable bonds is 7. The van der Waals surface area contributed by atoms with Crippen LogP contribution in [0.4, 0.5) is 4.39 Å². The number of hydrogen-bond donors (Lipinski definition) is 2. The Morgan fingerprint density at radius 3 is 2.75 bits per heavy atom. The van der Waals surface area contributed by atoms with Gasteiger partial charge in [-0.05, 0) is 43.7 Å². The van der Waals surface area contributed by atoms with Crippen molar-refractivity contribution in [2.75, 3.05) is 0 Å². The summed E-state index contributed by atoms with van der Waals surface area (Å²) >= 11 is 0. The first kappa shape index (κ1) is 20.5. The second kappa shape index (κ2) is 7.05. The van der Waals surface area contributed by atoms with Crippen molar-refractivity contribution in [2.24, 2.45) is 16.6 Å². The van der Waals surface area contributed by atoms with Crippen molar-refractivity contribution in [1.82, 2.24) is 14.9 Å². The van der Waals surface area contributed by atoms with Crippen molar-refractivity contribution in [2.45, 2.75) is 45.8 Å². The monoisotopic (exact) mass is 436 g/mol. The minimum absolute atomic E-state index is 0.0687. The molecule has 0 saturated heterocycles. The van der Waals surface area contributed by atoms with E-state index in [4.69, 9.17) is 10.5 Å². The smallest absolute Gasteiger partial charge is 0.255 e. The number of primary amides is 1. The highest BCUT2D eigenvalue weighted by Crippen LogP contribution is 2.69. The van der Waals surface area contributed by atoms with Crippen LogP contribution < -0.4 is 15.8 Å². The lowest BCUT2D eigenvalue weighted by molar-refractivity contribution is -0.125. The Balaban J connectivity index is 1.37. The van der Waals surface area contributed by atoms with E-state index in [-0.39, 0.29) is 35.7 Å². The SMILES string of the molecule is Cc1nn2ccc(OCc3ccccc3F)cc2c1C(=O)NC1CC1(C(N)=O)C1(C)CC1. The molecule has 2 heterocycles. The molecule has 2 amide bonds. The Morgan fingerprint density at radius 1 is 1.31 bits per heavy atom. The number of benzene rings is 1. The molecule has 2 saturated carbocycles. The number of nitrogens with two attached hydrogens (primary N) is 1. The van der Waals surface area contributed by atoms with Crippen LogP contribution in [0.1, 0.15) is 47.8 Å². The van der Waals surface area contributed by atoms with E-state index in [1.807, 2.05) is 0 Å². The summed E-state index contributed by atoms with van der Waals surface area (Å²) < 4.78 is 21.2. The molecule has 8 heteroatoms. The van der Waals surface area contributed by atoms with E-state index in [0.717, 1.165) is 12.8 Å². The molecule has 2 fully saturated rings. The van der Waals surface area contributed by atoms with Gasteiger partial charge < -0.3 is 15.8 Å². The second-order valence-corrected chi connectivity index (χ2v) is 9.16. The highest BCUT2D eigenvalue weighted by Gasteiger charge is 2.73. The maximum Gasteiger partial charge on any atom is 0.255 e. The van der Waals surface area contributed by atoms with Crippen molar-refractivity contribution in [3.63, 3.8) is 0 Å². The summed E-state index contributed by atoms with van der Waals surface area (Å²) in [6, 6.07) is 9.59. The zero-order valence-corrected chi connectivity index (χ0v) is 18.0. The summed E-state index contributed by atoms with van der Waals surface area (Å²) in [7, 11) is 0. The number of aromatic nitrogens is 2. The van der Waals surface area contributed by atoms with E-state index in [0.29, 0.717) is 34.5 Å². The van der Waals surface area contributed by atoms with E-state index in [2.05, 4.69) is 17.3 Å². The number of fused-ring (bicyclic) bond motifs is 1. The molecule has 0 radical (unpaired) electrons. The molecule has 3 aromatic rings. The van der Waals surface area contributed by atoms with E-state index in [9.17, 15) is 14.0 Å². The second-order valence-electron chi connectivity index (χ2n) is 9.16. The van der Waals surface area contributed by atoms with E-state index in [1.165, 1.54) is 6.07 Å². The lowest BCUT2D eigenvalue weighted by Gasteiger charge is -2.21. The van der Waals surface area contributed by atoms with Crippen LogP contribution in [0.3, 0.4) is 0 Å². The van der Waals surface area contributed by atoms with Crippen molar-refractivity contribution in [3.05, 3.63) is 65.2 Å². The van der Waals surface area contributed by atoms with Crippen LogP contribution in [0, 0.1) is 23.6 Å². The minimum atomic E-state index is -0.659. The summed E-state index contributed by atoms with van der Waals surface area (Å²) in [6.45, 7) is 3.89. The van der Waals surface area contributed by atoms with Crippen molar-refractivity contribution < 1.29 is 18.7 Å². The summed E-state index contributed by atoms with van der Waals surface area (Å²) in [6.07, 6.45) is 4.16. The molecule has 0 bridgehead atoms. The fourth-order valence-electron chi connectivity index (χ4n) is 4.83. The molecule has 2 aliphatic carbocycles. The number of nitrogens with zero attached hydrogens (tertiary/aromatic N) is 2. The van der Waals surface area contributed by atoms with Gasteiger partial charge >= 0.3 is 0 Å². The lowest BCUT2D eigenvalue weighted by Crippen LogP contribution is -2.40. The van der Waals surface area contributed by atoms with Crippen LogP contribution in [0.2, 0.25) is 0 Å². The molecular weight excluding hydrogens is 411 g/mol. The Morgan fingerprint density at radius 2 is 2.06 bits per heavy atom. The maximum absolute atomic E-state index is 13.9. The zero-order chi connectivity index (χ0) is 22.7. The van der Waals surface area contributed by atoms with Gasteiger partial charge in [0.25, 0.3) is 5.91 Å². The average molecular weight is 436 g/mol. The maximum atomic E-state index is 13.9. The number of aryl methyl sites for hydroxylation is 1. The third kappa shape index (κ3) is 3.13. The summed E-state index contributed by atoms with van der Waals surface area (Å²) in [5, 5.41) is 7.43. The van der Waals surface area contributed by atoms with Gasteiger partial charge in [0.1, 0.15) is 18.2 Å². The molecule has 2 aliphatic rings. The summed E-state index contributed by atoms with van der Waals surface area (Å²) in [4.78, 5) is 25.4. The number of amides is 2. The van der Waals surface area contributed by atoms with Gasteiger partial charge in [0, 0.05) is 23.9 Å². The molecule has 3 N–H and O–H groups in total. The van der Waals surface area contributed by atoms with Gasteiger partial charge in [-0.15, -0.1) is 0 Å². The Kier molecular flexibility index (Phi) is 4.51. The van der Waals surface area contributed by atoms with Crippen LogP contribution >= 0.6 is 0 Å². The summed E-state index contributed by atoms with van der Waals surface area (Å²) in [5.41, 5.74) is 6.95. The number of ether oxygens (including phenoxy) is 1. The normalized spacial score (nSPS) is 23.0. The minimum Gasteiger partial charge on any atom is -0.489 e. The molecule has 5 rings (SSSR count). The third-order valence-corrected chi connectivity index (χ3v) is 7.14. The first-order valence-corrected chi connectivity index (χ1v) is 10.7. The predicted molar refractivity (Wildman–Crippen MR) is 116 cm³/mol. The first-order valence-electron chi connectivity index (χ1n) is 10.7. The highest BCUT2D eigenvalue weighted by molar-refractivity contribution is 6.03. The van der Waals surface area contributed by atoms with Crippen molar-refractivity contribution in [1.29, 1.82) is 0 Å². The third-order valence-electron chi connectivity index (χ3n) is 7.14. The predicted octanol–water partition coefficient (Wildman–Crippen LogP) is 3.13. The fraction of sp³-hybridized carbons (Fsp3) is 0.375. The van der Waals surface area contributed by atoms with E-state index in [1.54, 1.807) is 48.0 Å². The molecular formula is C24H25FN4O3. The number of pyridine rings is 1. The van der Waals surface area contributed by atoms with Gasteiger partial charge in [0.15, 0.2) is 0 Å². The lowest BCUT2D eigenvalue weighted by atomic mass is 9.85. The number of carbonyl (C=O) groups is 2. The fourth-order valence-corrected chi connectivity index (χ4v) is 4.83. The van der Waals surface area contributed by atoms with Crippen LogP contribution in [0.5, 0.6) is 5.75 Å². The topological polar surface area (TPSA) is 98.7 Å². The molecule has 2 aromatic heterocycles. The van der Waals surface area contributed by atoms with Crippen LogP contribution in [-0.4, -0.2) is 27.5 Å². The molecule has 2 atom stereocenters. The molecule has 32 heavy (non-hydrogen) atoms. The number of nitrogens with one attached hydrogen (secondary N) is 1. The zero-order valence-electron chi connectivity index (χ0n) is 18.0. The molecule has 7 nitrogen and oxygen atoms in total. The molecule has 166 valence electrons. The largest absolute Gasteiger partial charge is 0.489 e. The van der Waals surface area contributed by atoms with Crippen molar-refractivity contribution in [3.8, 4) is 5.75 Å². The Labute approximate surface area is 184 Å². The van der Waals surface area contributed by atoms with Crippen LogP contribution in [0.15, 0.2) is 42.6 Å². The standard InChI is InChI=1S/C24H25FN4O3/c1-14-20(21(30)27-19-12-24(19,22(26)31)23(2)8-9-23)18-11-16(7-10-29(18)28-14)32-13-15-5-3-4-6-17(15)25/h3-7,10-11,19H,8-9,12-13H2,1-2H3,(H2,26,31)(H,27,30). The van der Waals surface area contributed by atoms with E-state index >= 15 is 0 Å². The van der Waals surface area contributed by atoms with E-state index < -0.39 is 5.41 Å². The van der Waals surface area contributed by atoms with Gasteiger partial charge in [-0.2, -0.15) is 5.10 Å². The molecule has 1 aromatic carbocycles. The Bertz CT molecular complexity index is 1250. The quantitative estimate of drug-likeness (QED) is 0.594. The van der Waals surface area contributed by atoms with Gasteiger partial charge in [-0.1, -0.05) is 25.1 Å². The van der Waals surface area contributed by atoms with Gasteiger partial charge in [-0.25, -0.2) is 8.91 Å². The van der Waals surface area contributed by atoms with Crippen LogP contribution in [-0.2, 0) is 11.4 Å². The average Bonchev–Trinajstić information content (AvgIpc) is 3.64. The van der Waals surface area contributed by atoms with Crippen molar-refractivity contribution >= 4 is 17.3 Å². The number of halogens is 1. The number of hydrogen-bond acceptors (Lipinski definition) is 4. The van der Waals surface area contributed by atoms with Gasteiger partial charge in [0.05, 0.1) is 22.2 Å². The Hall–Kier alpha value is -3.42. The number of carbonyl (C=O) groups excluding carboxylic acids is 2. The first-order chi connectivity index (χ1) is 15.2. The molecule has 2 unspecified atom stereocenters. The van der Waals surface area contributed by atoms with Gasteiger partial charge in [0.2, 0.25) is 5.91 Å². The molecule has 0 aliphatic heterocycles. The summed E-state index contributed by atoms with van der Waals surface area (Å²) in [5.74, 6) is -0.469. The molecule has 0 spiro atoms. The van der Waals surface area contributed by atoms with Gasteiger partial charge in [-0.3, -0.25) is 9.59 Å². The van der Waals surface area contributed by atoms with Crippen LogP contribution in [0.25, 0.3) is 5.52 Å². The highest BCUT2D eigenvalue weighted by atomic mass is 19.1.